The number of ether oxygens (including phenoxy) is 1. The van der Waals surface area contributed by atoms with Crippen molar-refractivity contribution in [1.29, 1.82) is 0 Å². The molecule has 0 amide bonds. The van der Waals surface area contributed by atoms with Crippen LogP contribution in [0.3, 0.4) is 0 Å². The summed E-state index contributed by atoms with van der Waals surface area (Å²) >= 11 is 0. The fraction of sp³-hybridized carbons (Fsp3) is 0.345. The summed E-state index contributed by atoms with van der Waals surface area (Å²) in [4.78, 5) is 27.0. The standard InChI is InChI=1S/C29H27FN4O4/c1-4-20-22(30)7-6-18-12-19(35)13-21(23(18)20)26-16(2)25-24(28(36)38-26)27(34-9-5-10-34)32-29(31-25)37-15-17-8-11-33(3)14-17/h1,6-7,12-13,17,35H,5,8-11,14-15H2,2-3H3. The van der Waals surface area contributed by atoms with E-state index >= 15 is 0 Å². The fourth-order valence-electron chi connectivity index (χ4n) is 5.39. The van der Waals surface area contributed by atoms with Crippen molar-refractivity contribution in [1.82, 2.24) is 14.9 Å². The zero-order valence-corrected chi connectivity index (χ0v) is 21.3. The van der Waals surface area contributed by atoms with E-state index in [0.717, 1.165) is 39.0 Å². The number of likely N-dealkylation sites (tertiary alicyclic amines) is 1. The number of fused-ring (bicyclic) bond motifs is 2. The molecule has 38 heavy (non-hydrogen) atoms. The summed E-state index contributed by atoms with van der Waals surface area (Å²) in [7, 11) is 2.08. The lowest BCUT2D eigenvalue weighted by atomic mass is 9.95. The number of rotatable bonds is 5. The third-order valence-electron chi connectivity index (χ3n) is 7.50. The SMILES string of the molecule is C#Cc1c(F)ccc2cc(O)cc(-c3oc(=O)c4c(N5CCC5)nc(OCC5CCN(C)C5)nc4c3C)c12. The number of hydrogen-bond donors (Lipinski definition) is 1. The van der Waals surface area contributed by atoms with E-state index in [1.54, 1.807) is 6.92 Å². The van der Waals surface area contributed by atoms with E-state index in [0.29, 0.717) is 45.8 Å². The smallest absolute Gasteiger partial charge is 0.349 e. The van der Waals surface area contributed by atoms with Gasteiger partial charge in [0.15, 0.2) is 5.82 Å². The number of benzene rings is 2. The van der Waals surface area contributed by atoms with Gasteiger partial charge in [-0.25, -0.2) is 9.18 Å². The van der Waals surface area contributed by atoms with Crippen molar-refractivity contribution in [2.24, 2.45) is 5.92 Å². The van der Waals surface area contributed by atoms with E-state index in [9.17, 15) is 14.3 Å². The van der Waals surface area contributed by atoms with Gasteiger partial charge in [-0.3, -0.25) is 0 Å². The second-order valence-corrected chi connectivity index (χ2v) is 10.1. The predicted molar refractivity (Wildman–Crippen MR) is 143 cm³/mol. The molecule has 0 bridgehead atoms. The predicted octanol–water partition coefficient (Wildman–Crippen LogP) is 4.08. The van der Waals surface area contributed by atoms with Gasteiger partial charge in [0.1, 0.15) is 22.7 Å². The Morgan fingerprint density at radius 3 is 2.74 bits per heavy atom. The molecule has 1 unspecified atom stereocenters. The van der Waals surface area contributed by atoms with Gasteiger partial charge in [-0.2, -0.15) is 9.97 Å². The van der Waals surface area contributed by atoms with Crippen LogP contribution >= 0.6 is 0 Å². The highest BCUT2D eigenvalue weighted by Gasteiger charge is 2.27. The fourth-order valence-corrected chi connectivity index (χ4v) is 5.39. The van der Waals surface area contributed by atoms with E-state index in [1.807, 2.05) is 4.90 Å². The molecule has 6 rings (SSSR count). The number of aromatic nitrogens is 2. The minimum absolute atomic E-state index is 0.0224. The lowest BCUT2D eigenvalue weighted by molar-refractivity contribution is 0.233. The summed E-state index contributed by atoms with van der Waals surface area (Å²) in [6.07, 6.45) is 7.69. The van der Waals surface area contributed by atoms with E-state index < -0.39 is 11.4 Å². The van der Waals surface area contributed by atoms with Gasteiger partial charge in [-0.1, -0.05) is 12.0 Å². The molecular weight excluding hydrogens is 487 g/mol. The van der Waals surface area contributed by atoms with Crippen molar-refractivity contribution >= 4 is 27.5 Å². The molecule has 2 saturated heterocycles. The molecule has 0 spiro atoms. The number of hydrogen-bond acceptors (Lipinski definition) is 8. The van der Waals surface area contributed by atoms with Crippen molar-refractivity contribution in [2.75, 3.05) is 44.7 Å². The Morgan fingerprint density at radius 1 is 1.24 bits per heavy atom. The van der Waals surface area contributed by atoms with Gasteiger partial charge in [-0.15, -0.1) is 6.42 Å². The number of phenols is 1. The van der Waals surface area contributed by atoms with Crippen molar-refractivity contribution in [3.05, 3.63) is 51.6 Å². The normalized spacial score (nSPS) is 17.6. The first-order chi connectivity index (χ1) is 18.3. The molecule has 2 aromatic carbocycles. The molecule has 2 aliphatic rings. The molecule has 2 aliphatic heterocycles. The van der Waals surface area contributed by atoms with Crippen LogP contribution in [-0.4, -0.2) is 59.8 Å². The van der Waals surface area contributed by atoms with Crippen LogP contribution in [-0.2, 0) is 0 Å². The molecular formula is C29H27FN4O4. The highest BCUT2D eigenvalue weighted by Crippen LogP contribution is 2.39. The minimum atomic E-state index is -0.623. The topological polar surface area (TPSA) is 91.9 Å². The Kier molecular flexibility index (Phi) is 5.92. The minimum Gasteiger partial charge on any atom is -0.508 e. The van der Waals surface area contributed by atoms with Crippen molar-refractivity contribution in [2.45, 2.75) is 19.8 Å². The summed E-state index contributed by atoms with van der Waals surface area (Å²) in [6.45, 7) is 5.74. The number of aromatic hydroxyl groups is 1. The first-order valence-electron chi connectivity index (χ1n) is 12.7. The maximum Gasteiger partial charge on any atom is 0.349 e. The molecule has 194 valence electrons. The first kappa shape index (κ1) is 24.2. The monoisotopic (exact) mass is 514 g/mol. The van der Waals surface area contributed by atoms with Gasteiger partial charge in [0.2, 0.25) is 0 Å². The Morgan fingerprint density at radius 2 is 2.05 bits per heavy atom. The molecule has 4 heterocycles. The zero-order chi connectivity index (χ0) is 26.6. The molecule has 1 N–H and O–H groups in total. The highest BCUT2D eigenvalue weighted by atomic mass is 19.1. The van der Waals surface area contributed by atoms with Gasteiger partial charge in [0.25, 0.3) is 0 Å². The quantitative estimate of drug-likeness (QED) is 0.399. The second-order valence-electron chi connectivity index (χ2n) is 10.1. The van der Waals surface area contributed by atoms with Crippen LogP contribution in [0, 0.1) is 31.0 Å². The summed E-state index contributed by atoms with van der Waals surface area (Å²) in [5, 5.41) is 11.6. The number of phenolic OH excluding ortho intramolecular Hbond substituents is 1. The Balaban J connectivity index is 1.56. The number of nitrogens with zero attached hydrogens (tertiary/aromatic N) is 4. The molecule has 4 aromatic rings. The summed E-state index contributed by atoms with van der Waals surface area (Å²) < 4.78 is 26.6. The van der Waals surface area contributed by atoms with Gasteiger partial charge < -0.3 is 24.1 Å². The van der Waals surface area contributed by atoms with Crippen molar-refractivity contribution in [3.63, 3.8) is 0 Å². The Hall–Kier alpha value is -4.16. The molecule has 0 radical (unpaired) electrons. The van der Waals surface area contributed by atoms with Crippen LogP contribution in [0.25, 0.3) is 33.0 Å². The van der Waals surface area contributed by atoms with Crippen LogP contribution in [0.2, 0.25) is 0 Å². The third-order valence-corrected chi connectivity index (χ3v) is 7.50. The van der Waals surface area contributed by atoms with Gasteiger partial charge in [0, 0.05) is 42.1 Å². The van der Waals surface area contributed by atoms with Gasteiger partial charge in [0.05, 0.1) is 17.7 Å². The number of terminal acetylenes is 1. The Labute approximate surface area is 218 Å². The zero-order valence-electron chi connectivity index (χ0n) is 21.3. The largest absolute Gasteiger partial charge is 0.508 e. The molecule has 2 fully saturated rings. The summed E-state index contributed by atoms with van der Waals surface area (Å²) in [5.74, 6) is 2.77. The van der Waals surface area contributed by atoms with Crippen LogP contribution in [0.5, 0.6) is 11.8 Å². The van der Waals surface area contributed by atoms with Crippen molar-refractivity contribution < 1.29 is 18.7 Å². The van der Waals surface area contributed by atoms with Crippen LogP contribution in [0.1, 0.15) is 24.0 Å². The van der Waals surface area contributed by atoms with Gasteiger partial charge in [-0.05, 0) is 56.9 Å². The van der Waals surface area contributed by atoms with Crippen molar-refractivity contribution in [3.8, 4) is 35.4 Å². The first-order valence-corrected chi connectivity index (χ1v) is 12.7. The molecule has 1 atom stereocenters. The molecule has 0 aliphatic carbocycles. The number of anilines is 1. The number of aryl methyl sites for hydroxylation is 1. The highest BCUT2D eigenvalue weighted by molar-refractivity contribution is 6.03. The third kappa shape index (κ3) is 4.02. The maximum atomic E-state index is 14.7. The molecule has 2 aromatic heterocycles. The average molecular weight is 515 g/mol. The van der Waals surface area contributed by atoms with E-state index in [-0.39, 0.29) is 28.5 Å². The van der Waals surface area contributed by atoms with Crippen LogP contribution in [0.15, 0.2) is 33.5 Å². The molecule has 9 heteroatoms. The lowest BCUT2D eigenvalue weighted by Gasteiger charge is -2.32. The van der Waals surface area contributed by atoms with E-state index in [4.69, 9.17) is 15.6 Å². The lowest BCUT2D eigenvalue weighted by Crippen LogP contribution is -2.38. The van der Waals surface area contributed by atoms with E-state index in [1.165, 1.54) is 24.3 Å². The number of halogens is 1. The van der Waals surface area contributed by atoms with Crippen LogP contribution < -0.4 is 15.3 Å². The van der Waals surface area contributed by atoms with E-state index in [2.05, 4.69) is 27.8 Å². The molecule has 8 nitrogen and oxygen atoms in total. The second kappa shape index (κ2) is 9.30. The summed E-state index contributed by atoms with van der Waals surface area (Å²) in [5.41, 5.74) is 0.635. The van der Waals surface area contributed by atoms with Crippen LogP contribution in [0.4, 0.5) is 10.2 Å². The summed E-state index contributed by atoms with van der Waals surface area (Å²) in [6, 6.07) is 5.89. The maximum absolute atomic E-state index is 14.7. The molecule has 0 saturated carbocycles. The van der Waals surface area contributed by atoms with Gasteiger partial charge >= 0.3 is 11.6 Å². The average Bonchev–Trinajstić information content (AvgIpc) is 3.28. The Bertz CT molecular complexity index is 1690.